The fourth-order valence-corrected chi connectivity index (χ4v) is 3.93. The molecule has 2 aromatic carbocycles. The summed E-state index contributed by atoms with van der Waals surface area (Å²) in [4.78, 5) is 19.2. The first kappa shape index (κ1) is 19.2. The SMILES string of the molecule is Cc1cc(C(=O)N(C)C)ccc1N1CCc2[nH]c(-c3c(F)cccc3F)cc2C1. The van der Waals surface area contributed by atoms with Crippen LogP contribution in [0.15, 0.2) is 42.5 Å². The lowest BCUT2D eigenvalue weighted by molar-refractivity contribution is 0.0827. The van der Waals surface area contributed by atoms with E-state index in [4.69, 9.17) is 0 Å². The number of carbonyl (C=O) groups excluding carboxylic acids is 1. The van der Waals surface area contributed by atoms with Crippen LogP contribution >= 0.6 is 0 Å². The third-order valence-electron chi connectivity index (χ3n) is 5.41. The maximum atomic E-state index is 14.2. The number of aromatic nitrogens is 1. The zero-order valence-electron chi connectivity index (χ0n) is 16.7. The van der Waals surface area contributed by atoms with E-state index in [0.717, 1.165) is 35.5 Å². The topological polar surface area (TPSA) is 39.3 Å². The highest BCUT2D eigenvalue weighted by atomic mass is 19.1. The fourth-order valence-electron chi connectivity index (χ4n) is 3.93. The Morgan fingerprint density at radius 1 is 1.10 bits per heavy atom. The van der Waals surface area contributed by atoms with Crippen molar-refractivity contribution in [1.29, 1.82) is 0 Å². The lowest BCUT2D eigenvalue weighted by atomic mass is 10.0. The van der Waals surface area contributed by atoms with Crippen LogP contribution in [0.1, 0.15) is 27.2 Å². The molecule has 0 bridgehead atoms. The van der Waals surface area contributed by atoms with E-state index in [-0.39, 0.29) is 11.5 Å². The third-order valence-corrected chi connectivity index (χ3v) is 5.41. The molecular weight excluding hydrogens is 372 g/mol. The number of aryl methyl sites for hydroxylation is 1. The van der Waals surface area contributed by atoms with Crippen molar-refractivity contribution >= 4 is 11.6 Å². The van der Waals surface area contributed by atoms with Crippen LogP contribution < -0.4 is 4.90 Å². The summed E-state index contributed by atoms with van der Waals surface area (Å²) in [5.41, 5.74) is 5.24. The Morgan fingerprint density at radius 3 is 2.48 bits per heavy atom. The van der Waals surface area contributed by atoms with E-state index in [9.17, 15) is 13.6 Å². The molecule has 0 radical (unpaired) electrons. The standard InChI is InChI=1S/C23H23F2N3O/c1-14-11-15(23(29)27(2)3)7-8-21(14)28-10-9-19-16(13-28)12-20(26-19)22-17(24)5-4-6-18(22)25/h4-8,11-12,26H,9-10,13H2,1-3H3. The second-order valence-electron chi connectivity index (χ2n) is 7.66. The van der Waals surface area contributed by atoms with Gasteiger partial charge in [0.25, 0.3) is 5.91 Å². The van der Waals surface area contributed by atoms with Crippen molar-refractivity contribution in [2.45, 2.75) is 19.9 Å². The van der Waals surface area contributed by atoms with Gasteiger partial charge in [-0.05, 0) is 54.4 Å². The molecule has 150 valence electrons. The molecule has 0 unspecified atom stereocenters. The minimum Gasteiger partial charge on any atom is -0.367 e. The highest BCUT2D eigenvalue weighted by Gasteiger charge is 2.23. The van der Waals surface area contributed by atoms with Gasteiger partial charge in [-0.3, -0.25) is 4.79 Å². The summed E-state index contributed by atoms with van der Waals surface area (Å²) in [6, 6.07) is 11.5. The Hall–Kier alpha value is -3.15. The van der Waals surface area contributed by atoms with Gasteiger partial charge in [-0.15, -0.1) is 0 Å². The second-order valence-corrected chi connectivity index (χ2v) is 7.66. The highest BCUT2D eigenvalue weighted by molar-refractivity contribution is 5.94. The summed E-state index contributed by atoms with van der Waals surface area (Å²) in [6.07, 6.45) is 0.753. The molecule has 29 heavy (non-hydrogen) atoms. The summed E-state index contributed by atoms with van der Waals surface area (Å²) in [6.45, 7) is 3.42. The minimum absolute atomic E-state index is 0.0174. The second kappa shape index (κ2) is 7.35. The van der Waals surface area contributed by atoms with Gasteiger partial charge < -0.3 is 14.8 Å². The maximum absolute atomic E-state index is 14.2. The van der Waals surface area contributed by atoms with Gasteiger partial charge in [-0.1, -0.05) is 6.07 Å². The first-order valence-corrected chi connectivity index (χ1v) is 9.57. The number of anilines is 1. The van der Waals surface area contributed by atoms with Gasteiger partial charge in [-0.2, -0.15) is 0 Å². The smallest absolute Gasteiger partial charge is 0.253 e. The van der Waals surface area contributed by atoms with Gasteiger partial charge in [0, 0.05) is 50.6 Å². The zero-order valence-corrected chi connectivity index (χ0v) is 16.7. The van der Waals surface area contributed by atoms with Gasteiger partial charge in [0.05, 0.1) is 11.3 Å². The van der Waals surface area contributed by atoms with Gasteiger partial charge in [0.15, 0.2) is 0 Å². The van der Waals surface area contributed by atoms with E-state index < -0.39 is 11.6 Å². The van der Waals surface area contributed by atoms with Crippen LogP contribution in [0.2, 0.25) is 0 Å². The van der Waals surface area contributed by atoms with Crippen molar-refractivity contribution in [3.05, 3.63) is 76.5 Å². The number of fused-ring (bicyclic) bond motifs is 1. The molecule has 1 aliphatic heterocycles. The molecule has 0 saturated carbocycles. The van der Waals surface area contributed by atoms with Crippen LogP contribution in [-0.2, 0) is 13.0 Å². The number of aromatic amines is 1. The number of nitrogens with one attached hydrogen (secondary N) is 1. The van der Waals surface area contributed by atoms with E-state index in [1.165, 1.54) is 18.2 Å². The van der Waals surface area contributed by atoms with Crippen LogP contribution in [0, 0.1) is 18.6 Å². The van der Waals surface area contributed by atoms with Crippen molar-refractivity contribution in [1.82, 2.24) is 9.88 Å². The normalized spacial score (nSPS) is 13.3. The Labute approximate surface area is 168 Å². The number of benzene rings is 2. The van der Waals surface area contributed by atoms with E-state index >= 15 is 0 Å². The molecule has 4 rings (SSSR count). The number of hydrogen-bond acceptors (Lipinski definition) is 2. The number of carbonyl (C=O) groups is 1. The Kier molecular flexibility index (Phi) is 4.86. The largest absolute Gasteiger partial charge is 0.367 e. The van der Waals surface area contributed by atoms with Crippen molar-refractivity contribution in [2.75, 3.05) is 25.5 Å². The average Bonchev–Trinajstić information content (AvgIpc) is 3.09. The van der Waals surface area contributed by atoms with Crippen LogP contribution in [0.5, 0.6) is 0 Å². The average molecular weight is 395 g/mol. The van der Waals surface area contributed by atoms with Crippen molar-refractivity contribution in [3.8, 4) is 11.3 Å². The molecule has 4 nitrogen and oxygen atoms in total. The summed E-state index contributed by atoms with van der Waals surface area (Å²) < 4.78 is 28.3. The van der Waals surface area contributed by atoms with Gasteiger partial charge >= 0.3 is 0 Å². The molecule has 1 N–H and O–H groups in total. The number of nitrogens with zero attached hydrogens (tertiary/aromatic N) is 2. The first-order valence-electron chi connectivity index (χ1n) is 9.57. The van der Waals surface area contributed by atoms with Crippen LogP contribution in [-0.4, -0.2) is 36.4 Å². The van der Waals surface area contributed by atoms with Crippen LogP contribution in [0.25, 0.3) is 11.3 Å². The number of amides is 1. The lowest BCUT2D eigenvalue weighted by Gasteiger charge is -2.30. The molecule has 1 aliphatic rings. The molecule has 0 fully saturated rings. The zero-order chi connectivity index (χ0) is 20.7. The molecule has 0 aliphatic carbocycles. The third kappa shape index (κ3) is 3.50. The predicted molar refractivity (Wildman–Crippen MR) is 110 cm³/mol. The van der Waals surface area contributed by atoms with E-state index in [0.29, 0.717) is 17.8 Å². The Morgan fingerprint density at radius 2 is 1.83 bits per heavy atom. The van der Waals surface area contributed by atoms with Gasteiger partial charge in [0.2, 0.25) is 0 Å². The number of hydrogen-bond donors (Lipinski definition) is 1. The Balaban J connectivity index is 1.61. The van der Waals surface area contributed by atoms with Gasteiger partial charge in [-0.25, -0.2) is 8.78 Å². The number of halogens is 2. The molecule has 0 spiro atoms. The molecule has 3 aromatic rings. The van der Waals surface area contributed by atoms with E-state index in [2.05, 4.69) is 9.88 Å². The summed E-state index contributed by atoms with van der Waals surface area (Å²) in [5, 5.41) is 0. The van der Waals surface area contributed by atoms with E-state index in [1.54, 1.807) is 19.0 Å². The van der Waals surface area contributed by atoms with Crippen molar-refractivity contribution < 1.29 is 13.6 Å². The first-order chi connectivity index (χ1) is 13.8. The van der Waals surface area contributed by atoms with Gasteiger partial charge in [0.1, 0.15) is 11.6 Å². The molecule has 6 heteroatoms. The molecule has 1 aromatic heterocycles. The van der Waals surface area contributed by atoms with Crippen LogP contribution in [0.3, 0.4) is 0 Å². The van der Waals surface area contributed by atoms with Crippen LogP contribution in [0.4, 0.5) is 14.5 Å². The summed E-state index contributed by atoms with van der Waals surface area (Å²) in [5.74, 6) is -1.17. The molecule has 0 saturated heterocycles. The number of rotatable bonds is 3. The fraction of sp³-hybridized carbons (Fsp3) is 0.261. The maximum Gasteiger partial charge on any atom is 0.253 e. The number of H-pyrrole nitrogens is 1. The van der Waals surface area contributed by atoms with Crippen molar-refractivity contribution in [3.63, 3.8) is 0 Å². The summed E-state index contributed by atoms with van der Waals surface area (Å²) >= 11 is 0. The molecular formula is C23H23F2N3O. The molecule has 1 amide bonds. The minimum atomic E-state index is -0.572. The monoisotopic (exact) mass is 395 g/mol. The highest BCUT2D eigenvalue weighted by Crippen LogP contribution is 2.32. The molecule has 0 atom stereocenters. The predicted octanol–water partition coefficient (Wildman–Crippen LogP) is 4.53. The quantitative estimate of drug-likeness (QED) is 0.708. The van der Waals surface area contributed by atoms with E-state index in [1.807, 2.05) is 31.2 Å². The van der Waals surface area contributed by atoms with Crippen molar-refractivity contribution in [2.24, 2.45) is 0 Å². The lowest BCUT2D eigenvalue weighted by Crippen LogP contribution is -2.30. The molecule has 2 heterocycles. The summed E-state index contributed by atoms with van der Waals surface area (Å²) in [7, 11) is 3.47. The Bertz CT molecular complexity index is 1070.